The Balaban J connectivity index is 4.18. The highest BCUT2D eigenvalue weighted by atomic mass is 16.5. The average Bonchev–Trinajstić information content (AvgIpc) is 2.34. The van der Waals surface area contributed by atoms with Crippen LogP contribution < -0.4 is 5.32 Å². The van der Waals surface area contributed by atoms with Crippen LogP contribution in [0.3, 0.4) is 0 Å². The van der Waals surface area contributed by atoms with Crippen molar-refractivity contribution >= 4 is 5.91 Å². The molecule has 0 aromatic heterocycles. The molecular formula is C12H23N3O2. The number of rotatable bonds is 8. The highest BCUT2D eigenvalue weighted by Gasteiger charge is 2.20. The van der Waals surface area contributed by atoms with Crippen molar-refractivity contribution in [1.82, 2.24) is 10.2 Å². The Morgan fingerprint density at radius 1 is 1.53 bits per heavy atom. The SMILES string of the molecule is CCN(CC(C)C#N)C(C)C(=O)NCCOC. The van der Waals surface area contributed by atoms with Crippen molar-refractivity contribution < 1.29 is 9.53 Å². The van der Waals surface area contributed by atoms with Crippen molar-refractivity contribution in [3.8, 4) is 6.07 Å². The molecule has 0 saturated carbocycles. The number of nitrogens with zero attached hydrogens (tertiary/aromatic N) is 2. The van der Waals surface area contributed by atoms with E-state index in [1.165, 1.54) is 0 Å². The molecule has 98 valence electrons. The lowest BCUT2D eigenvalue weighted by Gasteiger charge is -2.27. The fourth-order valence-corrected chi connectivity index (χ4v) is 1.54. The summed E-state index contributed by atoms with van der Waals surface area (Å²) >= 11 is 0. The highest BCUT2D eigenvalue weighted by Crippen LogP contribution is 2.04. The summed E-state index contributed by atoms with van der Waals surface area (Å²) in [5, 5.41) is 11.6. The maximum atomic E-state index is 11.8. The number of nitriles is 1. The standard InChI is InChI=1S/C12H23N3O2/c1-5-15(9-10(2)8-13)11(3)12(16)14-6-7-17-4/h10-11H,5-7,9H2,1-4H3,(H,14,16). The van der Waals surface area contributed by atoms with E-state index in [-0.39, 0.29) is 17.9 Å². The fourth-order valence-electron chi connectivity index (χ4n) is 1.54. The van der Waals surface area contributed by atoms with E-state index < -0.39 is 0 Å². The first-order valence-corrected chi connectivity index (χ1v) is 5.97. The molecule has 5 nitrogen and oxygen atoms in total. The maximum Gasteiger partial charge on any atom is 0.237 e. The van der Waals surface area contributed by atoms with E-state index in [9.17, 15) is 4.79 Å². The van der Waals surface area contributed by atoms with Crippen LogP contribution in [0.5, 0.6) is 0 Å². The summed E-state index contributed by atoms with van der Waals surface area (Å²) in [6.07, 6.45) is 0. The van der Waals surface area contributed by atoms with Gasteiger partial charge in [0.25, 0.3) is 0 Å². The molecule has 0 aliphatic rings. The molecule has 2 atom stereocenters. The van der Waals surface area contributed by atoms with Crippen LogP contribution in [0.2, 0.25) is 0 Å². The van der Waals surface area contributed by atoms with Crippen molar-refractivity contribution in [1.29, 1.82) is 5.26 Å². The molecule has 17 heavy (non-hydrogen) atoms. The molecule has 0 heterocycles. The van der Waals surface area contributed by atoms with Gasteiger partial charge in [0, 0.05) is 20.2 Å². The Morgan fingerprint density at radius 3 is 2.65 bits per heavy atom. The molecule has 0 aromatic carbocycles. The quantitative estimate of drug-likeness (QED) is 0.633. The van der Waals surface area contributed by atoms with Crippen molar-refractivity contribution in [3.63, 3.8) is 0 Å². The third kappa shape index (κ3) is 6.25. The van der Waals surface area contributed by atoms with Crippen LogP contribution in [0.1, 0.15) is 20.8 Å². The number of carbonyl (C=O) groups is 1. The molecule has 0 aliphatic heterocycles. The van der Waals surface area contributed by atoms with E-state index in [4.69, 9.17) is 10.00 Å². The molecule has 0 saturated heterocycles. The largest absolute Gasteiger partial charge is 0.383 e. The Morgan fingerprint density at radius 2 is 2.18 bits per heavy atom. The first kappa shape index (κ1) is 15.9. The van der Waals surface area contributed by atoms with E-state index in [1.54, 1.807) is 7.11 Å². The van der Waals surface area contributed by atoms with Crippen LogP contribution in [0, 0.1) is 17.2 Å². The van der Waals surface area contributed by atoms with Gasteiger partial charge in [0.15, 0.2) is 0 Å². The molecule has 5 heteroatoms. The van der Waals surface area contributed by atoms with Gasteiger partial charge in [0.05, 0.1) is 24.6 Å². The van der Waals surface area contributed by atoms with Gasteiger partial charge in [-0.05, 0) is 20.4 Å². The van der Waals surface area contributed by atoms with Gasteiger partial charge in [-0.15, -0.1) is 0 Å². The molecule has 1 amide bonds. The number of likely N-dealkylation sites (N-methyl/N-ethyl adjacent to an activating group) is 1. The molecule has 1 N–H and O–H groups in total. The first-order valence-electron chi connectivity index (χ1n) is 5.97. The zero-order valence-corrected chi connectivity index (χ0v) is 11.2. The van der Waals surface area contributed by atoms with Crippen molar-refractivity contribution in [2.45, 2.75) is 26.8 Å². The molecule has 0 spiro atoms. The van der Waals surface area contributed by atoms with Crippen molar-refractivity contribution in [2.24, 2.45) is 5.92 Å². The van der Waals surface area contributed by atoms with Gasteiger partial charge in [0.2, 0.25) is 5.91 Å². The molecule has 0 aliphatic carbocycles. The number of carbonyl (C=O) groups excluding carboxylic acids is 1. The van der Waals surface area contributed by atoms with Gasteiger partial charge in [0.1, 0.15) is 0 Å². The second-order valence-corrected chi connectivity index (χ2v) is 4.08. The minimum atomic E-state index is -0.215. The Hall–Kier alpha value is -1.12. The summed E-state index contributed by atoms with van der Waals surface area (Å²) < 4.78 is 4.87. The number of hydrogen-bond donors (Lipinski definition) is 1. The predicted molar refractivity (Wildman–Crippen MR) is 66.4 cm³/mol. The summed E-state index contributed by atoms with van der Waals surface area (Å²) in [4.78, 5) is 13.8. The Labute approximate surface area is 104 Å². The number of ether oxygens (including phenoxy) is 1. The van der Waals surface area contributed by atoms with Crippen molar-refractivity contribution in [3.05, 3.63) is 0 Å². The van der Waals surface area contributed by atoms with Gasteiger partial charge in [-0.2, -0.15) is 5.26 Å². The maximum absolute atomic E-state index is 11.8. The zero-order valence-electron chi connectivity index (χ0n) is 11.2. The second-order valence-electron chi connectivity index (χ2n) is 4.08. The first-order chi connectivity index (χ1) is 8.06. The molecule has 0 aromatic rings. The molecule has 0 bridgehead atoms. The van der Waals surface area contributed by atoms with E-state index in [0.717, 1.165) is 6.54 Å². The van der Waals surface area contributed by atoms with Crippen LogP contribution in [-0.2, 0) is 9.53 Å². The van der Waals surface area contributed by atoms with Crippen LogP contribution in [0.4, 0.5) is 0 Å². The van der Waals surface area contributed by atoms with E-state index in [0.29, 0.717) is 19.7 Å². The minimum Gasteiger partial charge on any atom is -0.383 e. The Bertz CT molecular complexity index is 263. The third-order valence-corrected chi connectivity index (χ3v) is 2.67. The topological polar surface area (TPSA) is 65.4 Å². The number of methoxy groups -OCH3 is 1. The lowest BCUT2D eigenvalue weighted by atomic mass is 10.1. The van der Waals surface area contributed by atoms with E-state index >= 15 is 0 Å². The summed E-state index contributed by atoms with van der Waals surface area (Å²) in [5.41, 5.74) is 0. The predicted octanol–water partition coefficient (Wildman–Crippen LogP) is 0.619. The monoisotopic (exact) mass is 241 g/mol. The second kappa shape index (κ2) is 8.97. The molecule has 2 unspecified atom stereocenters. The van der Waals surface area contributed by atoms with Gasteiger partial charge >= 0.3 is 0 Å². The van der Waals surface area contributed by atoms with Crippen LogP contribution in [-0.4, -0.2) is 50.2 Å². The fraction of sp³-hybridized carbons (Fsp3) is 0.833. The molecule has 0 radical (unpaired) electrons. The van der Waals surface area contributed by atoms with Gasteiger partial charge in [-0.3, -0.25) is 9.69 Å². The van der Waals surface area contributed by atoms with Gasteiger partial charge in [-0.1, -0.05) is 6.92 Å². The normalized spacial score (nSPS) is 14.1. The van der Waals surface area contributed by atoms with Crippen LogP contribution in [0.15, 0.2) is 0 Å². The van der Waals surface area contributed by atoms with E-state index in [2.05, 4.69) is 11.4 Å². The lowest BCUT2D eigenvalue weighted by Crippen LogP contribution is -2.47. The van der Waals surface area contributed by atoms with Crippen LogP contribution >= 0.6 is 0 Å². The van der Waals surface area contributed by atoms with Crippen LogP contribution in [0.25, 0.3) is 0 Å². The molecule has 0 fully saturated rings. The lowest BCUT2D eigenvalue weighted by molar-refractivity contribution is -0.126. The smallest absolute Gasteiger partial charge is 0.237 e. The molecule has 0 rings (SSSR count). The zero-order chi connectivity index (χ0) is 13.3. The average molecular weight is 241 g/mol. The summed E-state index contributed by atoms with van der Waals surface area (Å²) in [5.74, 6) is -0.0850. The Kier molecular flexibility index (Phi) is 8.38. The number of hydrogen-bond acceptors (Lipinski definition) is 4. The van der Waals surface area contributed by atoms with Crippen molar-refractivity contribution in [2.75, 3.05) is 33.4 Å². The minimum absolute atomic E-state index is 0.0194. The molecular weight excluding hydrogens is 218 g/mol. The third-order valence-electron chi connectivity index (χ3n) is 2.67. The van der Waals surface area contributed by atoms with E-state index in [1.807, 2.05) is 25.7 Å². The highest BCUT2D eigenvalue weighted by molar-refractivity contribution is 5.81. The summed E-state index contributed by atoms with van der Waals surface area (Å²) in [6, 6.07) is 1.97. The van der Waals surface area contributed by atoms with Gasteiger partial charge in [-0.25, -0.2) is 0 Å². The number of amides is 1. The number of nitrogens with one attached hydrogen (secondary N) is 1. The summed E-state index contributed by atoms with van der Waals surface area (Å²) in [6.45, 7) is 8.11. The van der Waals surface area contributed by atoms with Gasteiger partial charge < -0.3 is 10.1 Å². The summed E-state index contributed by atoms with van der Waals surface area (Å²) in [7, 11) is 1.60.